The van der Waals surface area contributed by atoms with Crippen LogP contribution in [0.1, 0.15) is 16.8 Å². The molecule has 0 bridgehead atoms. The van der Waals surface area contributed by atoms with Crippen molar-refractivity contribution in [2.24, 2.45) is 0 Å². The highest BCUT2D eigenvalue weighted by Gasteiger charge is 2.12. The van der Waals surface area contributed by atoms with E-state index in [2.05, 4.69) is 10.3 Å². The zero-order chi connectivity index (χ0) is 13.5. The van der Waals surface area contributed by atoms with Crippen molar-refractivity contribution in [3.05, 3.63) is 29.8 Å². The van der Waals surface area contributed by atoms with Gasteiger partial charge in [0.2, 0.25) is 0 Å². The van der Waals surface area contributed by atoms with Gasteiger partial charge in [0, 0.05) is 16.6 Å². The van der Waals surface area contributed by atoms with Crippen LogP contribution in [0.2, 0.25) is 0 Å². The van der Waals surface area contributed by atoms with E-state index in [-0.39, 0.29) is 24.0 Å². The summed E-state index contributed by atoms with van der Waals surface area (Å²) in [5.41, 5.74) is 0.542. The van der Waals surface area contributed by atoms with Crippen LogP contribution in [0.3, 0.4) is 0 Å². The Kier molecular flexibility index (Phi) is 5.28. The summed E-state index contributed by atoms with van der Waals surface area (Å²) in [6.07, 6.45) is -0.268. The number of hydrogen-bond donors (Lipinski definition) is 3. The molecular formula is C10H11BFNO5. The van der Waals surface area contributed by atoms with Crippen molar-refractivity contribution in [3.8, 4) is 0 Å². The SMILES string of the molecule is O=C(CCNC(=O)c1ccc(B(O)O)cc1)OF. The third-order valence-corrected chi connectivity index (χ3v) is 2.17. The zero-order valence-electron chi connectivity index (χ0n) is 9.30. The summed E-state index contributed by atoms with van der Waals surface area (Å²) in [6.45, 7) is -0.0496. The lowest BCUT2D eigenvalue weighted by atomic mass is 9.80. The average Bonchev–Trinajstić information content (AvgIpc) is 2.38. The molecule has 6 nitrogen and oxygen atoms in total. The number of nitrogens with one attached hydrogen (secondary N) is 1. The summed E-state index contributed by atoms with van der Waals surface area (Å²) in [5, 5.41) is 20.1. The zero-order valence-corrected chi connectivity index (χ0v) is 9.30. The maximum absolute atomic E-state index is 11.5. The molecule has 18 heavy (non-hydrogen) atoms. The Bertz CT molecular complexity index is 423. The molecule has 1 amide bonds. The van der Waals surface area contributed by atoms with Crippen molar-refractivity contribution in [3.63, 3.8) is 0 Å². The molecule has 96 valence electrons. The van der Waals surface area contributed by atoms with Crippen LogP contribution < -0.4 is 10.8 Å². The van der Waals surface area contributed by atoms with Crippen LogP contribution in [-0.4, -0.2) is 35.6 Å². The third-order valence-electron chi connectivity index (χ3n) is 2.17. The summed E-state index contributed by atoms with van der Waals surface area (Å²) in [7, 11) is -1.60. The van der Waals surface area contributed by atoms with Crippen LogP contribution in [0.25, 0.3) is 0 Å². The molecule has 0 fully saturated rings. The van der Waals surface area contributed by atoms with Gasteiger partial charge in [0.15, 0.2) is 0 Å². The molecule has 0 spiro atoms. The lowest BCUT2D eigenvalue weighted by molar-refractivity contribution is -0.183. The number of carbonyl (C=O) groups is 2. The first-order chi connectivity index (χ1) is 8.54. The first kappa shape index (κ1) is 14.1. The highest BCUT2D eigenvalue weighted by Crippen LogP contribution is 1.97. The van der Waals surface area contributed by atoms with E-state index >= 15 is 0 Å². The van der Waals surface area contributed by atoms with E-state index in [1.807, 2.05) is 0 Å². The maximum atomic E-state index is 11.5. The molecule has 0 atom stereocenters. The molecule has 3 N–H and O–H groups in total. The Morgan fingerprint density at radius 1 is 1.28 bits per heavy atom. The molecule has 0 aliphatic heterocycles. The number of hydrogen-bond acceptors (Lipinski definition) is 5. The molecule has 0 saturated carbocycles. The summed E-state index contributed by atoms with van der Waals surface area (Å²) < 4.78 is 11.3. The van der Waals surface area contributed by atoms with Crippen molar-refractivity contribution in [2.45, 2.75) is 6.42 Å². The minimum atomic E-state index is -1.60. The average molecular weight is 255 g/mol. The topological polar surface area (TPSA) is 95.9 Å². The van der Waals surface area contributed by atoms with Crippen LogP contribution in [-0.2, 0) is 9.74 Å². The van der Waals surface area contributed by atoms with E-state index in [4.69, 9.17) is 10.0 Å². The molecule has 0 heterocycles. The Hall–Kier alpha value is -1.93. The second kappa shape index (κ2) is 6.72. The quantitative estimate of drug-likeness (QED) is 0.581. The van der Waals surface area contributed by atoms with Crippen molar-refractivity contribution in [1.82, 2.24) is 5.32 Å². The molecular weight excluding hydrogens is 244 g/mol. The largest absolute Gasteiger partial charge is 0.488 e. The van der Waals surface area contributed by atoms with E-state index in [0.29, 0.717) is 0 Å². The summed E-state index contributed by atoms with van der Waals surface area (Å²) in [4.78, 5) is 24.9. The molecule has 0 aliphatic rings. The maximum Gasteiger partial charge on any atom is 0.488 e. The van der Waals surface area contributed by atoms with Gasteiger partial charge in [-0.15, -0.1) is 0 Å². The van der Waals surface area contributed by atoms with Gasteiger partial charge in [-0.1, -0.05) is 12.1 Å². The molecule has 1 rings (SSSR count). The van der Waals surface area contributed by atoms with Crippen molar-refractivity contribution in [2.75, 3.05) is 6.54 Å². The van der Waals surface area contributed by atoms with E-state index in [1.165, 1.54) is 24.3 Å². The number of amides is 1. The van der Waals surface area contributed by atoms with E-state index in [0.717, 1.165) is 0 Å². The van der Waals surface area contributed by atoms with E-state index < -0.39 is 19.0 Å². The second-order valence-corrected chi connectivity index (χ2v) is 3.45. The van der Waals surface area contributed by atoms with Gasteiger partial charge in [-0.25, -0.2) is 4.79 Å². The lowest BCUT2D eigenvalue weighted by Crippen LogP contribution is -2.30. The molecule has 0 aliphatic carbocycles. The summed E-state index contributed by atoms with van der Waals surface area (Å²) >= 11 is 0. The Morgan fingerprint density at radius 3 is 2.39 bits per heavy atom. The van der Waals surface area contributed by atoms with Gasteiger partial charge >= 0.3 is 13.1 Å². The van der Waals surface area contributed by atoms with Crippen molar-refractivity contribution < 1.29 is 29.1 Å². The predicted molar refractivity (Wildman–Crippen MR) is 60.4 cm³/mol. The molecule has 8 heteroatoms. The van der Waals surface area contributed by atoms with Gasteiger partial charge in [0.05, 0.1) is 6.42 Å². The highest BCUT2D eigenvalue weighted by molar-refractivity contribution is 6.58. The lowest BCUT2D eigenvalue weighted by Gasteiger charge is -2.04. The van der Waals surface area contributed by atoms with Crippen molar-refractivity contribution in [1.29, 1.82) is 0 Å². The second-order valence-electron chi connectivity index (χ2n) is 3.45. The van der Waals surface area contributed by atoms with Gasteiger partial charge in [0.1, 0.15) is 0 Å². The van der Waals surface area contributed by atoms with E-state index in [1.54, 1.807) is 0 Å². The molecule has 0 aromatic heterocycles. The highest BCUT2D eigenvalue weighted by atomic mass is 19.3. The van der Waals surface area contributed by atoms with Crippen LogP contribution in [0.4, 0.5) is 4.53 Å². The molecule has 0 saturated heterocycles. The molecule has 1 aromatic rings. The Balaban J connectivity index is 2.49. The Labute approximate surface area is 102 Å². The van der Waals surface area contributed by atoms with Crippen LogP contribution in [0.15, 0.2) is 24.3 Å². The number of halogens is 1. The minimum Gasteiger partial charge on any atom is -0.423 e. The van der Waals surface area contributed by atoms with Crippen LogP contribution >= 0.6 is 0 Å². The normalized spacial score (nSPS) is 9.72. The monoisotopic (exact) mass is 255 g/mol. The van der Waals surface area contributed by atoms with Crippen molar-refractivity contribution >= 4 is 24.5 Å². The smallest absolute Gasteiger partial charge is 0.423 e. The predicted octanol–water partition coefficient (Wildman–Crippen LogP) is -1.09. The first-order valence-corrected chi connectivity index (χ1v) is 5.10. The molecule has 0 unspecified atom stereocenters. The fourth-order valence-electron chi connectivity index (χ4n) is 1.23. The fraction of sp³-hybridized carbons (Fsp3) is 0.200. The fourth-order valence-corrected chi connectivity index (χ4v) is 1.23. The minimum absolute atomic E-state index is 0.0496. The first-order valence-electron chi connectivity index (χ1n) is 5.10. The molecule has 0 radical (unpaired) electrons. The number of carbonyl (C=O) groups excluding carboxylic acids is 2. The van der Waals surface area contributed by atoms with Gasteiger partial charge in [-0.05, 0) is 17.6 Å². The number of benzene rings is 1. The standard InChI is InChI=1S/C10H11BFNO5/c12-18-9(14)5-6-13-10(15)7-1-3-8(4-2-7)11(16)17/h1-4,16-17H,5-6H2,(H,13,15). The van der Waals surface area contributed by atoms with Crippen LogP contribution in [0, 0.1) is 0 Å². The summed E-state index contributed by atoms with van der Waals surface area (Å²) in [6, 6.07) is 5.57. The van der Waals surface area contributed by atoms with E-state index in [9.17, 15) is 14.1 Å². The van der Waals surface area contributed by atoms with Gasteiger partial charge in [-0.2, -0.15) is 0 Å². The van der Waals surface area contributed by atoms with Crippen LogP contribution in [0.5, 0.6) is 0 Å². The van der Waals surface area contributed by atoms with Gasteiger partial charge < -0.3 is 15.4 Å². The number of rotatable bonds is 5. The third kappa shape index (κ3) is 4.15. The van der Waals surface area contributed by atoms with Gasteiger partial charge in [0.25, 0.3) is 5.91 Å². The molecule has 1 aromatic carbocycles. The Morgan fingerprint density at radius 2 is 1.89 bits per heavy atom. The summed E-state index contributed by atoms with van der Waals surface area (Å²) in [5.74, 6) is -1.52. The van der Waals surface area contributed by atoms with Gasteiger partial charge in [-0.3, -0.25) is 9.74 Å².